The second kappa shape index (κ2) is 19.0. The van der Waals surface area contributed by atoms with Gasteiger partial charge >= 0.3 is 12.5 Å². The first-order valence-corrected chi connectivity index (χ1v) is 3.96. The van der Waals surface area contributed by atoms with E-state index in [1.807, 2.05) is 0 Å². The topological polar surface area (TPSA) is 120 Å². The van der Waals surface area contributed by atoms with Crippen molar-refractivity contribution < 1.29 is 29.6 Å². The molecule has 0 aromatic rings. The quantitative estimate of drug-likeness (QED) is 0.189. The number of nitrogens with zero attached hydrogens (tertiary/aromatic N) is 1. The van der Waals surface area contributed by atoms with Gasteiger partial charge in [0, 0.05) is 7.11 Å². The normalized spacial score (nSPS) is 7.31. The summed E-state index contributed by atoms with van der Waals surface area (Å²) < 4.78 is 4.14. The number of esters is 1. The second-order valence-electron chi connectivity index (χ2n) is 1.90. The van der Waals surface area contributed by atoms with E-state index < -0.39 is 12.3 Å². The molecule has 1 amide bonds. The van der Waals surface area contributed by atoms with Crippen LogP contribution < -0.4 is 5.32 Å². The number of ether oxygens (including phenoxy) is 1. The van der Waals surface area contributed by atoms with Crippen LogP contribution in [0.4, 0.5) is 0 Å². The minimum absolute atomic E-state index is 0.108. The summed E-state index contributed by atoms with van der Waals surface area (Å²) in [6.07, 6.45) is -1.04. The van der Waals surface area contributed by atoms with Crippen molar-refractivity contribution in [2.75, 3.05) is 27.3 Å². The fourth-order valence-corrected chi connectivity index (χ4v) is 0.283. The number of carbonyl (C=O) groups excluding carboxylic acids is 2. The predicted molar refractivity (Wildman–Crippen MR) is 53.9 cm³/mol. The van der Waals surface area contributed by atoms with Crippen LogP contribution in [0.25, 0.3) is 4.85 Å². The average molecular weight is 236 g/mol. The highest BCUT2D eigenvalue weighted by atomic mass is 16.5. The smallest absolute Gasteiger partial charge is 0.386 e. The molecule has 0 bridgehead atoms. The fraction of sp³-hybridized carbons (Fsp3) is 0.625. The minimum Gasteiger partial charge on any atom is -0.464 e. The largest absolute Gasteiger partial charge is 0.464 e. The fourth-order valence-electron chi connectivity index (χ4n) is 0.283. The van der Waals surface area contributed by atoms with Gasteiger partial charge in [-0.2, -0.15) is 0 Å². The summed E-state index contributed by atoms with van der Waals surface area (Å²) in [4.78, 5) is 22.1. The summed E-state index contributed by atoms with van der Waals surface area (Å²) in [5, 5.41) is 25.1. The molecule has 16 heavy (non-hydrogen) atoms. The number of carbonyl (C=O) groups is 2. The Hall–Kier alpha value is -1.69. The first-order chi connectivity index (χ1) is 7.58. The molecule has 0 heterocycles. The van der Waals surface area contributed by atoms with Gasteiger partial charge in [-0.1, -0.05) is 0 Å². The number of aliphatic hydroxyl groups excluding tert-OH is 2. The lowest BCUT2D eigenvalue weighted by atomic mass is 10.6. The number of aliphatic hydroxyl groups is 3. The lowest BCUT2D eigenvalue weighted by Crippen LogP contribution is -2.24. The van der Waals surface area contributed by atoms with E-state index in [0.29, 0.717) is 6.41 Å². The number of hydrogen-bond acceptors (Lipinski definition) is 6. The third kappa shape index (κ3) is 29.5. The van der Waals surface area contributed by atoms with Crippen LogP contribution in [-0.2, 0) is 14.3 Å². The van der Waals surface area contributed by atoms with Crippen LogP contribution in [0.1, 0.15) is 0 Å². The highest BCUT2D eigenvalue weighted by molar-refractivity contribution is 5.72. The zero-order valence-corrected chi connectivity index (χ0v) is 9.08. The van der Waals surface area contributed by atoms with E-state index in [4.69, 9.17) is 21.9 Å². The molecule has 0 aliphatic heterocycles. The zero-order valence-electron chi connectivity index (χ0n) is 9.08. The van der Waals surface area contributed by atoms with Crippen molar-refractivity contribution in [3.8, 4) is 0 Å². The summed E-state index contributed by atoms with van der Waals surface area (Å²) >= 11 is 0. The van der Waals surface area contributed by atoms with Crippen LogP contribution in [0.3, 0.4) is 0 Å². The third-order valence-corrected chi connectivity index (χ3v) is 0.820. The molecule has 0 aromatic heterocycles. The molecule has 0 aliphatic carbocycles. The van der Waals surface area contributed by atoms with Crippen LogP contribution in [0.15, 0.2) is 0 Å². The van der Waals surface area contributed by atoms with Gasteiger partial charge in [-0.25, -0.2) is 11.4 Å². The molecule has 0 spiro atoms. The Balaban J connectivity index is -0.000000183. The summed E-state index contributed by atoms with van der Waals surface area (Å²) in [5.74, 6) is -0.477. The van der Waals surface area contributed by atoms with E-state index in [9.17, 15) is 9.59 Å². The van der Waals surface area contributed by atoms with Crippen LogP contribution in [-0.4, -0.2) is 61.3 Å². The number of methoxy groups -OCH3 is 1. The van der Waals surface area contributed by atoms with Gasteiger partial charge < -0.3 is 30.2 Å². The molecule has 0 rings (SSSR count). The van der Waals surface area contributed by atoms with Crippen molar-refractivity contribution >= 4 is 12.4 Å². The highest BCUT2D eigenvalue weighted by Gasteiger charge is 1.98. The Kier molecular flexibility index (Phi) is 23.5. The molecule has 8 heteroatoms. The lowest BCUT2D eigenvalue weighted by molar-refractivity contribution is -0.138. The summed E-state index contributed by atoms with van der Waals surface area (Å²) in [7, 11) is 2.26. The van der Waals surface area contributed by atoms with Gasteiger partial charge in [-0.05, 0) is 0 Å². The van der Waals surface area contributed by atoms with Crippen molar-refractivity contribution in [2.45, 2.75) is 6.29 Å². The van der Waals surface area contributed by atoms with Crippen LogP contribution >= 0.6 is 0 Å². The molecule has 0 unspecified atom stereocenters. The van der Waals surface area contributed by atoms with Gasteiger partial charge in [-0.15, -0.1) is 0 Å². The lowest BCUT2D eigenvalue weighted by Gasteiger charge is -1.97. The van der Waals surface area contributed by atoms with Crippen LogP contribution in [0.2, 0.25) is 0 Å². The maximum absolute atomic E-state index is 9.98. The third-order valence-electron chi connectivity index (χ3n) is 0.820. The molecule has 94 valence electrons. The summed E-state index contributed by atoms with van der Waals surface area (Å²) in [5.41, 5.74) is 0. The molecule has 0 aromatic carbocycles. The van der Waals surface area contributed by atoms with E-state index in [1.54, 1.807) is 0 Å². The van der Waals surface area contributed by atoms with Crippen molar-refractivity contribution in [3.63, 3.8) is 0 Å². The van der Waals surface area contributed by atoms with Crippen molar-refractivity contribution in [1.29, 1.82) is 0 Å². The summed E-state index contributed by atoms with van der Waals surface area (Å²) in [6, 6.07) is 0. The molecule has 4 N–H and O–H groups in total. The maximum atomic E-state index is 9.98. The van der Waals surface area contributed by atoms with Gasteiger partial charge in [0.25, 0.3) is 0 Å². The molecule has 0 saturated carbocycles. The van der Waals surface area contributed by atoms with E-state index in [-0.39, 0.29) is 13.1 Å². The zero-order chi connectivity index (χ0) is 13.4. The first kappa shape index (κ1) is 19.8. The van der Waals surface area contributed by atoms with E-state index >= 15 is 0 Å². The van der Waals surface area contributed by atoms with Crippen molar-refractivity contribution in [2.24, 2.45) is 0 Å². The van der Waals surface area contributed by atoms with Gasteiger partial charge in [-0.3, -0.25) is 4.79 Å². The molecule has 0 radical (unpaired) electrons. The summed E-state index contributed by atoms with van der Waals surface area (Å²) in [6.45, 7) is 5.88. The van der Waals surface area contributed by atoms with Crippen LogP contribution in [0.5, 0.6) is 0 Å². The van der Waals surface area contributed by atoms with Gasteiger partial charge in [0.1, 0.15) is 0 Å². The molecule has 0 aliphatic rings. The number of hydrogen-bond donors (Lipinski definition) is 4. The number of rotatable bonds is 4. The Morgan fingerprint density at radius 3 is 2.19 bits per heavy atom. The average Bonchev–Trinajstić information content (AvgIpc) is 2.30. The van der Waals surface area contributed by atoms with E-state index in [0.717, 1.165) is 7.11 Å². The van der Waals surface area contributed by atoms with E-state index in [2.05, 4.69) is 14.9 Å². The Morgan fingerprint density at radius 2 is 2.06 bits per heavy atom. The maximum Gasteiger partial charge on any atom is 0.386 e. The number of amides is 1. The van der Waals surface area contributed by atoms with Gasteiger partial charge in [0.05, 0.1) is 13.7 Å². The van der Waals surface area contributed by atoms with Crippen molar-refractivity contribution in [1.82, 2.24) is 5.32 Å². The molecular formula is C8H16N2O6. The Morgan fingerprint density at radius 1 is 1.56 bits per heavy atom. The Labute approximate surface area is 93.3 Å². The standard InChI is InChI=1S/C4H5NO2.C3H7NO3.CH4O/c1-5-3-4(6)7-2;5-2-4-1-3(6)7;1-2/h3H2,2H3;2-3,6-7H,1H2,(H,4,5);2H,1H3. The molecule has 0 fully saturated rings. The van der Waals surface area contributed by atoms with E-state index in [1.165, 1.54) is 7.11 Å². The SMILES string of the molecule is CO.O=CNCC(O)O.[C-]#[N+]CC(=O)OC. The monoisotopic (exact) mass is 236 g/mol. The molecular weight excluding hydrogens is 220 g/mol. The second-order valence-corrected chi connectivity index (χ2v) is 1.90. The van der Waals surface area contributed by atoms with Crippen molar-refractivity contribution in [3.05, 3.63) is 11.4 Å². The first-order valence-electron chi connectivity index (χ1n) is 3.96. The van der Waals surface area contributed by atoms with Gasteiger partial charge in [0.15, 0.2) is 6.29 Å². The number of nitrogens with one attached hydrogen (secondary N) is 1. The molecule has 0 saturated heterocycles. The Bertz CT molecular complexity index is 201. The predicted octanol–water partition coefficient (Wildman–Crippen LogP) is -2.27. The van der Waals surface area contributed by atoms with Crippen LogP contribution in [0, 0.1) is 6.57 Å². The molecule has 8 nitrogen and oxygen atoms in total. The highest BCUT2D eigenvalue weighted by Crippen LogP contribution is 1.71. The molecule has 0 atom stereocenters. The minimum atomic E-state index is -1.44. The van der Waals surface area contributed by atoms with Gasteiger partial charge in [0.2, 0.25) is 6.41 Å².